The number of phenolic OH excluding ortho intramolecular Hbond substituents is 1. The molecule has 2 heterocycles. The second-order valence-corrected chi connectivity index (χ2v) is 7.40. The van der Waals surface area contributed by atoms with Gasteiger partial charge in [0.2, 0.25) is 0 Å². The van der Waals surface area contributed by atoms with Crippen molar-refractivity contribution in [1.29, 1.82) is 0 Å². The zero-order valence-corrected chi connectivity index (χ0v) is 17.1. The molecule has 2 atom stereocenters. The van der Waals surface area contributed by atoms with Crippen LogP contribution in [0.25, 0.3) is 11.2 Å². The summed E-state index contributed by atoms with van der Waals surface area (Å²) < 4.78 is 4.20. The topological polar surface area (TPSA) is 114 Å². The van der Waals surface area contributed by atoms with E-state index in [2.05, 4.69) is 10.3 Å². The first-order valence-corrected chi connectivity index (χ1v) is 9.54. The summed E-state index contributed by atoms with van der Waals surface area (Å²) in [5.74, 6) is 0.206. The van der Waals surface area contributed by atoms with Gasteiger partial charge < -0.3 is 20.1 Å². The Labute approximate surface area is 167 Å². The summed E-state index contributed by atoms with van der Waals surface area (Å²) in [4.78, 5) is 28.7. The van der Waals surface area contributed by atoms with Crippen molar-refractivity contribution in [3.8, 4) is 5.75 Å². The Balaban J connectivity index is 1.63. The molecule has 2 aromatic heterocycles. The minimum absolute atomic E-state index is 0.188. The fourth-order valence-electron chi connectivity index (χ4n) is 3.41. The molecule has 0 aliphatic heterocycles. The summed E-state index contributed by atoms with van der Waals surface area (Å²) in [6.07, 6.45) is 1.58. The molecular formula is C20H27N5O4. The van der Waals surface area contributed by atoms with Gasteiger partial charge in [0.1, 0.15) is 5.75 Å². The van der Waals surface area contributed by atoms with Gasteiger partial charge in [-0.25, -0.2) is 9.78 Å². The lowest BCUT2D eigenvalue weighted by Gasteiger charge is -2.21. The van der Waals surface area contributed by atoms with E-state index in [0.717, 1.165) is 15.7 Å². The van der Waals surface area contributed by atoms with Crippen LogP contribution in [-0.2, 0) is 20.6 Å². The van der Waals surface area contributed by atoms with E-state index in [-0.39, 0.29) is 17.4 Å². The lowest BCUT2D eigenvalue weighted by molar-refractivity contribution is 0.135. The number of imidazole rings is 1. The van der Waals surface area contributed by atoms with E-state index in [9.17, 15) is 19.8 Å². The summed E-state index contributed by atoms with van der Waals surface area (Å²) in [6.45, 7) is 4.86. The molecule has 0 aliphatic carbocycles. The van der Waals surface area contributed by atoms with Gasteiger partial charge in [0.25, 0.3) is 5.56 Å². The van der Waals surface area contributed by atoms with Crippen molar-refractivity contribution in [2.75, 3.05) is 6.54 Å². The van der Waals surface area contributed by atoms with Gasteiger partial charge in [0.15, 0.2) is 11.2 Å². The number of aliphatic hydroxyl groups is 1. The Bertz CT molecular complexity index is 1140. The maximum atomic E-state index is 12.4. The molecule has 3 N–H and O–H groups in total. The normalized spacial score (nSPS) is 13.7. The van der Waals surface area contributed by atoms with Gasteiger partial charge in [-0.05, 0) is 50.1 Å². The minimum atomic E-state index is -0.704. The molecule has 0 fully saturated rings. The lowest BCUT2D eigenvalue weighted by atomic mass is 10.0. The molecule has 0 saturated carbocycles. The third-order valence-corrected chi connectivity index (χ3v) is 5.30. The maximum Gasteiger partial charge on any atom is 0.332 e. The summed E-state index contributed by atoms with van der Waals surface area (Å²) in [5, 5.41) is 23.4. The van der Waals surface area contributed by atoms with E-state index in [0.29, 0.717) is 30.7 Å². The van der Waals surface area contributed by atoms with Crippen LogP contribution in [0.2, 0.25) is 0 Å². The quantitative estimate of drug-likeness (QED) is 0.498. The fourth-order valence-corrected chi connectivity index (χ4v) is 3.41. The Kier molecular flexibility index (Phi) is 5.90. The maximum absolute atomic E-state index is 12.4. The van der Waals surface area contributed by atoms with Crippen LogP contribution in [0, 0.1) is 6.92 Å². The average Bonchev–Trinajstić information content (AvgIpc) is 3.13. The smallest absolute Gasteiger partial charge is 0.332 e. The average molecular weight is 401 g/mol. The van der Waals surface area contributed by atoms with Crippen LogP contribution in [0.3, 0.4) is 0 Å². The van der Waals surface area contributed by atoms with Gasteiger partial charge in [0, 0.05) is 26.7 Å². The van der Waals surface area contributed by atoms with Crippen LogP contribution in [-0.4, -0.2) is 41.5 Å². The van der Waals surface area contributed by atoms with Gasteiger partial charge in [-0.15, -0.1) is 0 Å². The van der Waals surface area contributed by atoms with Crippen molar-refractivity contribution in [3.63, 3.8) is 0 Å². The molecule has 0 radical (unpaired) electrons. The summed E-state index contributed by atoms with van der Waals surface area (Å²) in [5.41, 5.74) is 1.48. The molecule has 0 saturated heterocycles. The first kappa shape index (κ1) is 20.8. The van der Waals surface area contributed by atoms with E-state index in [1.807, 2.05) is 6.92 Å². The Morgan fingerprint density at radius 1 is 1.21 bits per heavy atom. The number of aryl methyl sites for hydroxylation is 3. The van der Waals surface area contributed by atoms with Crippen molar-refractivity contribution in [2.45, 2.75) is 39.0 Å². The first-order chi connectivity index (χ1) is 13.7. The molecular weight excluding hydrogens is 374 g/mol. The predicted molar refractivity (Wildman–Crippen MR) is 110 cm³/mol. The number of phenols is 1. The number of nitrogens with zero attached hydrogens (tertiary/aromatic N) is 4. The van der Waals surface area contributed by atoms with Crippen LogP contribution in [0.5, 0.6) is 5.75 Å². The highest BCUT2D eigenvalue weighted by atomic mass is 16.3. The van der Waals surface area contributed by atoms with Gasteiger partial charge in [-0.1, -0.05) is 6.07 Å². The molecule has 9 heteroatoms. The number of hydrogen-bond acceptors (Lipinski definition) is 6. The largest absolute Gasteiger partial charge is 0.508 e. The number of aliphatic hydroxyl groups excluding tert-OH is 1. The Morgan fingerprint density at radius 2 is 1.93 bits per heavy atom. The van der Waals surface area contributed by atoms with Crippen molar-refractivity contribution in [3.05, 3.63) is 56.5 Å². The standard InChI is InChI=1S/C20H27N5O4/c1-12-10-14(6-7-15(12)26)17(27)13(2)21-8-5-9-25-11-22-18-16(25)19(28)24(4)20(29)23(18)3/h6-7,10-11,13,17,21,26-27H,5,8-9H2,1-4H3. The monoisotopic (exact) mass is 401 g/mol. The van der Waals surface area contributed by atoms with Gasteiger partial charge in [-0.3, -0.25) is 13.9 Å². The summed E-state index contributed by atoms with van der Waals surface area (Å²) >= 11 is 0. The lowest BCUT2D eigenvalue weighted by Crippen LogP contribution is -2.37. The summed E-state index contributed by atoms with van der Waals surface area (Å²) in [6, 6.07) is 4.88. The van der Waals surface area contributed by atoms with Crippen LogP contribution < -0.4 is 16.6 Å². The molecule has 1 aromatic carbocycles. The van der Waals surface area contributed by atoms with Crippen LogP contribution in [0.4, 0.5) is 0 Å². The second kappa shape index (κ2) is 8.22. The third-order valence-electron chi connectivity index (χ3n) is 5.30. The van der Waals surface area contributed by atoms with Crippen molar-refractivity contribution >= 4 is 11.2 Å². The number of hydrogen-bond donors (Lipinski definition) is 3. The van der Waals surface area contributed by atoms with E-state index >= 15 is 0 Å². The SMILES string of the molecule is Cc1cc(C(O)C(C)NCCCn2cnc3c2c(=O)n(C)c(=O)n3C)ccc1O. The first-order valence-electron chi connectivity index (χ1n) is 9.54. The van der Waals surface area contributed by atoms with E-state index in [4.69, 9.17) is 0 Å². The van der Waals surface area contributed by atoms with E-state index in [1.54, 1.807) is 43.1 Å². The number of nitrogens with one attached hydrogen (secondary N) is 1. The molecule has 9 nitrogen and oxygen atoms in total. The molecule has 0 amide bonds. The fraction of sp³-hybridized carbons (Fsp3) is 0.450. The number of fused-ring (bicyclic) bond motifs is 1. The van der Waals surface area contributed by atoms with Crippen molar-refractivity contribution in [2.24, 2.45) is 14.1 Å². The van der Waals surface area contributed by atoms with Crippen molar-refractivity contribution < 1.29 is 10.2 Å². The zero-order chi connectivity index (χ0) is 21.3. The summed E-state index contributed by atoms with van der Waals surface area (Å²) in [7, 11) is 3.05. The van der Waals surface area contributed by atoms with Crippen molar-refractivity contribution in [1.82, 2.24) is 24.0 Å². The number of aromatic hydroxyl groups is 1. The third kappa shape index (κ3) is 3.96. The molecule has 0 spiro atoms. The highest BCUT2D eigenvalue weighted by Gasteiger charge is 2.17. The van der Waals surface area contributed by atoms with Gasteiger partial charge in [-0.2, -0.15) is 0 Å². The molecule has 3 aromatic rings. The molecule has 0 aliphatic rings. The predicted octanol–water partition coefficient (Wildman–Crippen LogP) is 0.550. The molecule has 29 heavy (non-hydrogen) atoms. The van der Waals surface area contributed by atoms with Gasteiger partial charge in [0.05, 0.1) is 12.4 Å². The van der Waals surface area contributed by atoms with Gasteiger partial charge >= 0.3 is 5.69 Å². The van der Waals surface area contributed by atoms with E-state index in [1.165, 1.54) is 11.6 Å². The van der Waals surface area contributed by atoms with E-state index < -0.39 is 11.8 Å². The van der Waals surface area contributed by atoms with Crippen LogP contribution in [0.1, 0.15) is 30.6 Å². The van der Waals surface area contributed by atoms with Crippen LogP contribution >= 0.6 is 0 Å². The number of rotatable bonds is 7. The highest BCUT2D eigenvalue weighted by molar-refractivity contribution is 5.69. The molecule has 3 rings (SSSR count). The zero-order valence-electron chi connectivity index (χ0n) is 17.1. The Hall–Kier alpha value is -2.91. The minimum Gasteiger partial charge on any atom is -0.508 e. The number of aromatic nitrogens is 4. The second-order valence-electron chi connectivity index (χ2n) is 7.40. The molecule has 2 unspecified atom stereocenters. The molecule has 0 bridgehead atoms. The van der Waals surface area contributed by atoms with Crippen LogP contribution in [0.15, 0.2) is 34.1 Å². The molecule has 156 valence electrons. The Morgan fingerprint density at radius 3 is 2.62 bits per heavy atom. The number of benzene rings is 1. The highest BCUT2D eigenvalue weighted by Crippen LogP contribution is 2.23.